The van der Waals surface area contributed by atoms with E-state index in [1.807, 2.05) is 6.92 Å². The Bertz CT molecular complexity index is 571. The van der Waals surface area contributed by atoms with Crippen molar-refractivity contribution in [3.8, 4) is 0 Å². The van der Waals surface area contributed by atoms with Crippen LogP contribution in [0.2, 0.25) is 0 Å². The zero-order chi connectivity index (χ0) is 15.5. The summed E-state index contributed by atoms with van der Waals surface area (Å²) in [7, 11) is 2.18. The molecule has 0 bridgehead atoms. The van der Waals surface area contributed by atoms with Crippen LogP contribution < -0.4 is 0 Å². The third kappa shape index (κ3) is 3.09. The van der Waals surface area contributed by atoms with Gasteiger partial charge in [0.1, 0.15) is 0 Å². The number of allylic oxidation sites excluding steroid dienone is 1. The lowest BCUT2D eigenvalue weighted by Crippen LogP contribution is -2.31. The van der Waals surface area contributed by atoms with E-state index in [4.69, 9.17) is 4.74 Å². The van der Waals surface area contributed by atoms with Gasteiger partial charge >= 0.3 is 5.97 Å². The zero-order valence-corrected chi connectivity index (χ0v) is 13.5. The number of hydrogen-bond donors (Lipinski definition) is 0. The number of nitrogens with zero attached hydrogens (tertiary/aromatic N) is 1. The van der Waals surface area contributed by atoms with E-state index < -0.39 is 0 Å². The van der Waals surface area contributed by atoms with Crippen molar-refractivity contribution in [2.75, 3.05) is 26.7 Å². The van der Waals surface area contributed by atoms with Crippen molar-refractivity contribution in [1.82, 2.24) is 4.90 Å². The van der Waals surface area contributed by atoms with E-state index >= 15 is 0 Å². The number of ether oxygens (including phenoxy) is 1. The molecule has 1 atom stereocenters. The lowest BCUT2D eigenvalue weighted by Gasteiger charge is -2.32. The molecule has 0 radical (unpaired) electrons. The molecule has 0 N–H and O–H groups in total. The molecular weight excluding hydrogens is 274 g/mol. The molecule has 0 saturated carbocycles. The second kappa shape index (κ2) is 6.66. The van der Waals surface area contributed by atoms with Gasteiger partial charge in [0.15, 0.2) is 0 Å². The summed E-state index contributed by atoms with van der Waals surface area (Å²) in [5, 5.41) is 0. The molecule has 0 amide bonds. The van der Waals surface area contributed by atoms with Crippen LogP contribution in [0.5, 0.6) is 0 Å². The monoisotopic (exact) mass is 299 g/mol. The van der Waals surface area contributed by atoms with Crippen LogP contribution >= 0.6 is 0 Å². The molecule has 1 aliphatic carbocycles. The van der Waals surface area contributed by atoms with Crippen LogP contribution in [-0.2, 0) is 9.53 Å². The van der Waals surface area contributed by atoms with Crippen LogP contribution in [0, 0.1) is 5.92 Å². The largest absolute Gasteiger partial charge is 0.466 e. The molecule has 1 unspecified atom stereocenters. The third-order valence-corrected chi connectivity index (χ3v) is 4.96. The summed E-state index contributed by atoms with van der Waals surface area (Å²) in [6, 6.07) is 8.48. The summed E-state index contributed by atoms with van der Waals surface area (Å²) in [6.45, 7) is 4.61. The van der Waals surface area contributed by atoms with Crippen LogP contribution in [0.15, 0.2) is 29.8 Å². The molecule has 2 aliphatic rings. The Labute approximate surface area is 133 Å². The van der Waals surface area contributed by atoms with E-state index in [2.05, 4.69) is 42.3 Å². The van der Waals surface area contributed by atoms with Gasteiger partial charge in [0, 0.05) is 5.92 Å². The molecule has 1 aromatic carbocycles. The summed E-state index contributed by atoms with van der Waals surface area (Å²) in [5.74, 6) is 0.731. The SMILES string of the molecule is CCOC(=O)CC1C(C2CCN(C)CC2)=Cc2ccccc21. The van der Waals surface area contributed by atoms with Crippen molar-refractivity contribution in [1.29, 1.82) is 0 Å². The van der Waals surface area contributed by atoms with E-state index in [1.54, 1.807) is 0 Å². The first kappa shape index (κ1) is 15.3. The number of likely N-dealkylation sites (tertiary alicyclic amines) is 1. The molecule has 3 nitrogen and oxygen atoms in total. The van der Waals surface area contributed by atoms with E-state index in [9.17, 15) is 4.79 Å². The summed E-state index contributed by atoms with van der Waals surface area (Å²) >= 11 is 0. The second-order valence-corrected chi connectivity index (χ2v) is 6.41. The van der Waals surface area contributed by atoms with Gasteiger partial charge in [-0.05, 0) is 56.9 Å². The minimum atomic E-state index is -0.0805. The van der Waals surface area contributed by atoms with Gasteiger partial charge in [0.2, 0.25) is 0 Å². The standard InChI is InChI=1S/C19H25NO2/c1-3-22-19(21)13-18-16-7-5-4-6-15(16)12-17(18)14-8-10-20(2)11-9-14/h4-7,12,14,18H,3,8-11,13H2,1-2H3. The Hall–Kier alpha value is -1.61. The maximum Gasteiger partial charge on any atom is 0.306 e. The summed E-state index contributed by atoms with van der Waals surface area (Å²) in [5.41, 5.74) is 4.03. The van der Waals surface area contributed by atoms with Crippen LogP contribution in [0.1, 0.15) is 43.2 Å². The van der Waals surface area contributed by atoms with Crippen molar-refractivity contribution in [2.24, 2.45) is 5.92 Å². The number of piperidine rings is 1. The predicted molar refractivity (Wildman–Crippen MR) is 88.6 cm³/mol. The van der Waals surface area contributed by atoms with E-state index in [0.29, 0.717) is 18.9 Å². The fraction of sp³-hybridized carbons (Fsp3) is 0.526. The molecule has 1 heterocycles. The minimum absolute atomic E-state index is 0.0805. The van der Waals surface area contributed by atoms with Crippen LogP contribution in [0.25, 0.3) is 6.08 Å². The summed E-state index contributed by atoms with van der Waals surface area (Å²) in [6.07, 6.45) is 5.18. The number of carbonyl (C=O) groups is 1. The lowest BCUT2D eigenvalue weighted by atomic mass is 9.81. The smallest absolute Gasteiger partial charge is 0.306 e. The van der Waals surface area contributed by atoms with Gasteiger partial charge in [-0.1, -0.05) is 35.9 Å². The molecule has 0 spiro atoms. The fourth-order valence-corrected chi connectivity index (χ4v) is 3.78. The van der Waals surface area contributed by atoms with Gasteiger partial charge in [-0.15, -0.1) is 0 Å². The van der Waals surface area contributed by atoms with Gasteiger partial charge in [-0.3, -0.25) is 4.79 Å². The summed E-state index contributed by atoms with van der Waals surface area (Å²) < 4.78 is 5.20. The zero-order valence-electron chi connectivity index (χ0n) is 13.5. The molecular formula is C19H25NO2. The van der Waals surface area contributed by atoms with Gasteiger partial charge in [-0.25, -0.2) is 0 Å². The topological polar surface area (TPSA) is 29.5 Å². The molecule has 1 fully saturated rings. The molecule has 118 valence electrons. The van der Waals surface area contributed by atoms with Crippen molar-refractivity contribution in [2.45, 2.75) is 32.1 Å². The number of esters is 1. The van der Waals surface area contributed by atoms with Gasteiger partial charge < -0.3 is 9.64 Å². The highest BCUT2D eigenvalue weighted by Gasteiger charge is 2.33. The number of benzene rings is 1. The van der Waals surface area contributed by atoms with E-state index in [0.717, 1.165) is 13.1 Å². The highest BCUT2D eigenvalue weighted by Crippen LogP contribution is 2.44. The Balaban J connectivity index is 1.82. The number of carbonyl (C=O) groups excluding carboxylic acids is 1. The molecule has 3 heteroatoms. The third-order valence-electron chi connectivity index (χ3n) is 4.96. The first-order chi connectivity index (χ1) is 10.7. The highest BCUT2D eigenvalue weighted by molar-refractivity contribution is 5.75. The first-order valence-electron chi connectivity index (χ1n) is 8.33. The van der Waals surface area contributed by atoms with Crippen molar-refractivity contribution in [3.63, 3.8) is 0 Å². The van der Waals surface area contributed by atoms with Crippen molar-refractivity contribution in [3.05, 3.63) is 41.0 Å². The number of hydrogen-bond acceptors (Lipinski definition) is 3. The minimum Gasteiger partial charge on any atom is -0.466 e. The number of rotatable bonds is 4. The Morgan fingerprint density at radius 2 is 2.00 bits per heavy atom. The van der Waals surface area contributed by atoms with Gasteiger partial charge in [-0.2, -0.15) is 0 Å². The van der Waals surface area contributed by atoms with Gasteiger partial charge in [0.25, 0.3) is 0 Å². The Kier molecular flexibility index (Phi) is 4.63. The molecule has 22 heavy (non-hydrogen) atoms. The molecule has 1 aromatic rings. The Morgan fingerprint density at radius 1 is 1.27 bits per heavy atom. The Morgan fingerprint density at radius 3 is 2.73 bits per heavy atom. The maximum absolute atomic E-state index is 12.0. The molecule has 1 saturated heterocycles. The fourth-order valence-electron chi connectivity index (χ4n) is 3.78. The molecule has 0 aromatic heterocycles. The highest BCUT2D eigenvalue weighted by atomic mass is 16.5. The molecule has 1 aliphatic heterocycles. The maximum atomic E-state index is 12.0. The van der Waals surface area contributed by atoms with Crippen LogP contribution in [-0.4, -0.2) is 37.6 Å². The van der Waals surface area contributed by atoms with Crippen LogP contribution in [0.3, 0.4) is 0 Å². The lowest BCUT2D eigenvalue weighted by molar-refractivity contribution is -0.143. The van der Waals surface area contributed by atoms with Crippen LogP contribution in [0.4, 0.5) is 0 Å². The average molecular weight is 299 g/mol. The first-order valence-corrected chi connectivity index (χ1v) is 8.33. The van der Waals surface area contributed by atoms with Gasteiger partial charge in [0.05, 0.1) is 13.0 Å². The normalized spacial score (nSPS) is 22.3. The van der Waals surface area contributed by atoms with Crippen molar-refractivity contribution >= 4 is 12.0 Å². The average Bonchev–Trinajstić information content (AvgIpc) is 2.87. The predicted octanol–water partition coefficient (Wildman–Crippen LogP) is 3.46. The molecule has 3 rings (SSSR count). The quantitative estimate of drug-likeness (QED) is 0.797. The summed E-state index contributed by atoms with van der Waals surface area (Å²) in [4.78, 5) is 14.4. The second-order valence-electron chi connectivity index (χ2n) is 6.41. The number of fused-ring (bicyclic) bond motifs is 1. The van der Waals surface area contributed by atoms with Crippen molar-refractivity contribution < 1.29 is 9.53 Å². The van der Waals surface area contributed by atoms with E-state index in [1.165, 1.54) is 29.5 Å². The van der Waals surface area contributed by atoms with E-state index in [-0.39, 0.29) is 11.9 Å².